The zero-order valence-electron chi connectivity index (χ0n) is 25.3. The van der Waals surface area contributed by atoms with Gasteiger partial charge in [0.25, 0.3) is 11.8 Å². The lowest BCUT2D eigenvalue weighted by molar-refractivity contribution is -0.136. The predicted octanol–water partition coefficient (Wildman–Crippen LogP) is 6.57. The van der Waals surface area contributed by atoms with Crippen LogP contribution >= 0.6 is 0 Å². The number of esters is 1. The SMILES string of the molecule is C/C=C(\C=C(/C)C(=O)OC)NC(=O)c1ccc(NC(/N=C2\C(=C(C)C)C=CC(=O)N2C2CCCC2)=C(C)CC)cc1. The quantitative estimate of drug-likeness (QED) is 0.203. The molecule has 0 bridgehead atoms. The molecule has 2 amide bonds. The zero-order chi connectivity index (χ0) is 30.1. The van der Waals surface area contributed by atoms with Gasteiger partial charge in [0.2, 0.25) is 0 Å². The maximum absolute atomic E-state index is 13.1. The van der Waals surface area contributed by atoms with Gasteiger partial charge < -0.3 is 15.4 Å². The fourth-order valence-electron chi connectivity index (χ4n) is 4.76. The number of anilines is 1. The number of carbonyl (C=O) groups excluding carboxylic acids is 3. The molecule has 2 aliphatic rings. The fraction of sp³-hybridized carbons (Fsp3) is 0.394. The van der Waals surface area contributed by atoms with Crippen LogP contribution < -0.4 is 10.6 Å². The van der Waals surface area contributed by atoms with Gasteiger partial charge in [-0.2, -0.15) is 0 Å². The number of amidine groups is 1. The monoisotopic (exact) mass is 558 g/mol. The second-order valence-electron chi connectivity index (χ2n) is 10.5. The second-order valence-corrected chi connectivity index (χ2v) is 10.5. The van der Waals surface area contributed by atoms with Crippen LogP contribution in [0.25, 0.3) is 0 Å². The average molecular weight is 559 g/mol. The highest BCUT2D eigenvalue weighted by Gasteiger charge is 2.33. The Kier molecular flexibility index (Phi) is 11.0. The Hall–Kier alpha value is -4.20. The van der Waals surface area contributed by atoms with E-state index >= 15 is 0 Å². The van der Waals surface area contributed by atoms with Gasteiger partial charge in [-0.1, -0.05) is 31.4 Å². The van der Waals surface area contributed by atoms with E-state index in [9.17, 15) is 14.4 Å². The van der Waals surface area contributed by atoms with Crippen LogP contribution in [-0.2, 0) is 14.3 Å². The van der Waals surface area contributed by atoms with E-state index in [1.165, 1.54) is 7.11 Å². The summed E-state index contributed by atoms with van der Waals surface area (Å²) in [5, 5.41) is 6.25. The molecular formula is C33H42N4O4. The van der Waals surface area contributed by atoms with Gasteiger partial charge in [-0.3, -0.25) is 14.5 Å². The summed E-state index contributed by atoms with van der Waals surface area (Å²) in [6, 6.07) is 7.26. The summed E-state index contributed by atoms with van der Waals surface area (Å²) in [4.78, 5) is 44.6. The molecule has 1 heterocycles. The van der Waals surface area contributed by atoms with Gasteiger partial charge in [0.05, 0.1) is 7.11 Å². The molecule has 0 saturated heterocycles. The van der Waals surface area contributed by atoms with Crippen molar-refractivity contribution >= 4 is 29.3 Å². The van der Waals surface area contributed by atoms with Crippen molar-refractivity contribution in [1.82, 2.24) is 10.2 Å². The minimum Gasteiger partial charge on any atom is -0.466 e. The molecule has 8 nitrogen and oxygen atoms in total. The van der Waals surface area contributed by atoms with E-state index < -0.39 is 5.97 Å². The number of nitrogens with one attached hydrogen (secondary N) is 2. The van der Waals surface area contributed by atoms with E-state index in [0.717, 1.165) is 54.5 Å². The highest BCUT2D eigenvalue weighted by atomic mass is 16.5. The maximum atomic E-state index is 13.1. The van der Waals surface area contributed by atoms with Crippen LogP contribution in [0.4, 0.5) is 5.69 Å². The normalized spacial score (nSPS) is 18.0. The van der Waals surface area contributed by atoms with E-state index in [4.69, 9.17) is 9.73 Å². The molecule has 3 rings (SSSR count). The molecule has 0 atom stereocenters. The van der Waals surface area contributed by atoms with Gasteiger partial charge in [-0.15, -0.1) is 0 Å². The third kappa shape index (κ3) is 7.93. The number of aliphatic imine (C=N–C) groups is 1. The standard InChI is InChI=1S/C33H42N4O4/c1-8-22(5)30(36-31-28(21(3)4)18-19-29(38)37(31)27-12-10-11-13-27)34-26-16-14-24(15-17-26)32(39)35-25(9-2)20-23(6)33(40)41-7/h9,14-20,27,34H,8,10-13H2,1-7H3,(H,35,39)/b23-20+,25-9+,30-22?,36-31+. The third-order valence-corrected chi connectivity index (χ3v) is 7.34. The largest absolute Gasteiger partial charge is 0.466 e. The van der Waals surface area contributed by atoms with Gasteiger partial charge in [-0.25, -0.2) is 9.79 Å². The van der Waals surface area contributed by atoms with E-state index in [1.807, 2.05) is 43.9 Å². The Balaban J connectivity index is 1.88. The molecule has 1 fully saturated rings. The van der Waals surface area contributed by atoms with Crippen LogP contribution in [0.15, 0.2) is 87.4 Å². The first-order valence-corrected chi connectivity index (χ1v) is 14.2. The summed E-state index contributed by atoms with van der Waals surface area (Å²) in [6.07, 6.45) is 11.8. The van der Waals surface area contributed by atoms with Crippen LogP contribution in [0.5, 0.6) is 0 Å². The molecule has 0 spiro atoms. The number of ether oxygens (including phenoxy) is 1. The number of carbonyl (C=O) groups is 3. The van der Waals surface area contributed by atoms with Crippen molar-refractivity contribution < 1.29 is 19.1 Å². The number of rotatable bonds is 9. The first-order valence-electron chi connectivity index (χ1n) is 14.2. The molecule has 0 aromatic heterocycles. The van der Waals surface area contributed by atoms with Crippen molar-refractivity contribution in [2.24, 2.45) is 4.99 Å². The Bertz CT molecular complexity index is 1350. The van der Waals surface area contributed by atoms with Crippen LogP contribution in [0.3, 0.4) is 0 Å². The van der Waals surface area contributed by atoms with E-state index in [0.29, 0.717) is 28.5 Å². The molecule has 1 saturated carbocycles. The fourth-order valence-corrected chi connectivity index (χ4v) is 4.76. The lowest BCUT2D eigenvalue weighted by atomic mass is 10.0. The number of amides is 2. The van der Waals surface area contributed by atoms with E-state index in [1.54, 1.807) is 44.2 Å². The average Bonchev–Trinajstić information content (AvgIpc) is 3.50. The lowest BCUT2D eigenvalue weighted by Gasteiger charge is -2.33. The van der Waals surface area contributed by atoms with Crippen LogP contribution in [-0.4, -0.2) is 41.7 Å². The van der Waals surface area contributed by atoms with Crippen molar-refractivity contribution in [2.75, 3.05) is 12.4 Å². The van der Waals surface area contributed by atoms with Crippen LogP contribution in [0, 0.1) is 0 Å². The zero-order valence-corrected chi connectivity index (χ0v) is 25.3. The van der Waals surface area contributed by atoms with Crippen molar-refractivity contribution in [3.63, 3.8) is 0 Å². The number of allylic oxidation sites excluding steroid dienone is 4. The van der Waals surface area contributed by atoms with Crippen molar-refractivity contribution in [3.05, 3.63) is 87.9 Å². The van der Waals surface area contributed by atoms with Crippen molar-refractivity contribution in [2.45, 2.75) is 79.7 Å². The summed E-state index contributed by atoms with van der Waals surface area (Å²) in [7, 11) is 1.32. The van der Waals surface area contributed by atoms with Crippen LogP contribution in [0.2, 0.25) is 0 Å². The first kappa shape index (κ1) is 31.3. The highest BCUT2D eigenvalue weighted by molar-refractivity contribution is 6.16. The smallest absolute Gasteiger partial charge is 0.333 e. The van der Waals surface area contributed by atoms with Gasteiger partial charge in [-0.05, 0) is 95.9 Å². The summed E-state index contributed by atoms with van der Waals surface area (Å²) in [5.74, 6) is 0.587. The number of nitrogens with zero attached hydrogens (tertiary/aromatic N) is 2. The van der Waals surface area contributed by atoms with Crippen molar-refractivity contribution in [1.29, 1.82) is 0 Å². The molecule has 8 heteroatoms. The molecule has 1 aliphatic carbocycles. The van der Waals surface area contributed by atoms with Crippen molar-refractivity contribution in [3.8, 4) is 0 Å². The Labute approximate surface area is 243 Å². The molecule has 2 N–H and O–H groups in total. The first-order chi connectivity index (χ1) is 19.6. The molecule has 0 unspecified atom stereocenters. The molecule has 1 aromatic carbocycles. The number of hydrogen-bond acceptors (Lipinski definition) is 6. The minimum atomic E-state index is -0.458. The molecule has 1 aliphatic heterocycles. The molecule has 218 valence electrons. The predicted molar refractivity (Wildman–Crippen MR) is 164 cm³/mol. The number of hydrogen-bond donors (Lipinski definition) is 2. The van der Waals surface area contributed by atoms with E-state index in [-0.39, 0.29) is 17.9 Å². The Morgan fingerprint density at radius 2 is 1.73 bits per heavy atom. The van der Waals surface area contributed by atoms with Gasteiger partial charge in [0, 0.05) is 40.2 Å². The van der Waals surface area contributed by atoms with E-state index in [2.05, 4.69) is 17.6 Å². The van der Waals surface area contributed by atoms with Crippen LogP contribution in [0.1, 0.15) is 84.0 Å². The molecule has 41 heavy (non-hydrogen) atoms. The lowest BCUT2D eigenvalue weighted by Crippen LogP contribution is -2.45. The Morgan fingerprint density at radius 1 is 1.07 bits per heavy atom. The Morgan fingerprint density at radius 3 is 2.29 bits per heavy atom. The number of methoxy groups -OCH3 is 1. The minimum absolute atomic E-state index is 0.0263. The molecular weight excluding hydrogens is 516 g/mol. The van der Waals surface area contributed by atoms with Gasteiger partial charge in [0.15, 0.2) is 0 Å². The molecule has 0 radical (unpaired) electrons. The third-order valence-electron chi connectivity index (χ3n) is 7.34. The molecule has 1 aromatic rings. The maximum Gasteiger partial charge on any atom is 0.333 e. The second kappa shape index (κ2) is 14.4. The van der Waals surface area contributed by atoms with Gasteiger partial charge >= 0.3 is 5.97 Å². The summed E-state index contributed by atoms with van der Waals surface area (Å²) >= 11 is 0. The van der Waals surface area contributed by atoms with Gasteiger partial charge in [0.1, 0.15) is 11.7 Å². The number of benzene rings is 1. The topological polar surface area (TPSA) is 100 Å². The summed E-state index contributed by atoms with van der Waals surface area (Å²) < 4.78 is 4.73. The summed E-state index contributed by atoms with van der Waals surface area (Å²) in [5.41, 5.74) is 5.21. The highest BCUT2D eigenvalue weighted by Crippen LogP contribution is 2.30. The summed E-state index contributed by atoms with van der Waals surface area (Å²) in [6.45, 7) is 11.6.